The SMILES string of the molecule is NC1C2CCCC1CC(C(=O)NCCC(F)(F)F)C2. The van der Waals surface area contributed by atoms with E-state index in [1.54, 1.807) is 0 Å². The number of halogens is 3. The molecule has 110 valence electrons. The summed E-state index contributed by atoms with van der Waals surface area (Å²) in [6, 6.07) is 0.174. The summed E-state index contributed by atoms with van der Waals surface area (Å²) in [5.74, 6) is 0.355. The molecule has 1 amide bonds. The summed E-state index contributed by atoms with van der Waals surface area (Å²) in [5, 5.41) is 2.41. The zero-order valence-corrected chi connectivity index (χ0v) is 10.9. The van der Waals surface area contributed by atoms with Gasteiger partial charge in [0.25, 0.3) is 0 Å². The molecule has 2 atom stereocenters. The van der Waals surface area contributed by atoms with Gasteiger partial charge in [-0.15, -0.1) is 0 Å². The molecule has 2 aliphatic rings. The Kier molecular flexibility index (Phi) is 4.38. The fourth-order valence-electron chi connectivity index (χ4n) is 3.47. The molecule has 0 aromatic heterocycles. The van der Waals surface area contributed by atoms with Gasteiger partial charge in [-0.3, -0.25) is 4.79 Å². The maximum atomic E-state index is 12.0. The highest BCUT2D eigenvalue weighted by atomic mass is 19.4. The lowest BCUT2D eigenvalue weighted by Gasteiger charge is -2.43. The molecule has 2 fully saturated rings. The zero-order valence-electron chi connectivity index (χ0n) is 10.9. The Hall–Kier alpha value is -0.780. The van der Waals surface area contributed by atoms with Gasteiger partial charge in [-0.25, -0.2) is 0 Å². The zero-order chi connectivity index (χ0) is 14.0. The quantitative estimate of drug-likeness (QED) is 0.831. The molecule has 2 aliphatic carbocycles. The number of rotatable bonds is 3. The number of carbonyl (C=O) groups is 1. The first kappa shape index (κ1) is 14.6. The summed E-state index contributed by atoms with van der Waals surface area (Å²) in [6.07, 6.45) is -0.457. The van der Waals surface area contributed by atoms with Crippen LogP contribution < -0.4 is 11.1 Å². The monoisotopic (exact) mass is 278 g/mol. The number of alkyl halides is 3. The van der Waals surface area contributed by atoms with E-state index in [0.29, 0.717) is 11.8 Å². The molecule has 0 aromatic carbocycles. The number of fused-ring (bicyclic) bond motifs is 2. The lowest BCUT2D eigenvalue weighted by atomic mass is 9.65. The minimum atomic E-state index is -4.21. The van der Waals surface area contributed by atoms with Crippen LogP contribution in [-0.4, -0.2) is 24.7 Å². The van der Waals surface area contributed by atoms with E-state index in [9.17, 15) is 18.0 Å². The van der Waals surface area contributed by atoms with Crippen LogP contribution in [0.1, 0.15) is 38.5 Å². The Labute approximate surface area is 111 Å². The van der Waals surface area contributed by atoms with E-state index >= 15 is 0 Å². The Balaban J connectivity index is 1.80. The van der Waals surface area contributed by atoms with Gasteiger partial charge >= 0.3 is 6.18 Å². The summed E-state index contributed by atoms with van der Waals surface area (Å²) in [6.45, 7) is -0.319. The second kappa shape index (κ2) is 5.69. The van der Waals surface area contributed by atoms with Crippen LogP contribution in [0.5, 0.6) is 0 Å². The van der Waals surface area contributed by atoms with Crippen LogP contribution in [0.25, 0.3) is 0 Å². The molecule has 2 bridgehead atoms. The maximum absolute atomic E-state index is 12.0. The van der Waals surface area contributed by atoms with Crippen molar-refractivity contribution in [1.82, 2.24) is 5.32 Å². The first-order chi connectivity index (χ1) is 8.87. The van der Waals surface area contributed by atoms with Crippen molar-refractivity contribution >= 4 is 5.91 Å². The molecule has 0 heterocycles. The topological polar surface area (TPSA) is 55.1 Å². The first-order valence-electron chi connectivity index (χ1n) is 6.97. The van der Waals surface area contributed by atoms with Crippen LogP contribution in [0.15, 0.2) is 0 Å². The molecule has 6 heteroatoms. The van der Waals surface area contributed by atoms with E-state index in [4.69, 9.17) is 5.73 Å². The van der Waals surface area contributed by atoms with Crippen LogP contribution in [0.3, 0.4) is 0 Å². The standard InChI is InChI=1S/C13H21F3N2O/c14-13(15,16)4-5-18-12(19)10-6-8-2-1-3-9(7-10)11(8)17/h8-11H,1-7,17H2,(H,18,19). The average Bonchev–Trinajstić information content (AvgIpc) is 2.26. The molecular formula is C13H21F3N2O. The van der Waals surface area contributed by atoms with Gasteiger partial charge in [-0.05, 0) is 37.5 Å². The predicted molar refractivity (Wildman–Crippen MR) is 65.2 cm³/mol. The van der Waals surface area contributed by atoms with Gasteiger partial charge in [0.1, 0.15) is 0 Å². The van der Waals surface area contributed by atoms with E-state index in [0.717, 1.165) is 32.1 Å². The number of hydrogen-bond donors (Lipinski definition) is 2. The molecule has 2 saturated carbocycles. The van der Waals surface area contributed by atoms with Gasteiger partial charge in [0.15, 0.2) is 0 Å². The van der Waals surface area contributed by atoms with Crippen LogP contribution in [0.4, 0.5) is 13.2 Å². The summed E-state index contributed by atoms with van der Waals surface area (Å²) in [7, 11) is 0. The van der Waals surface area contributed by atoms with Crippen LogP contribution in [-0.2, 0) is 4.79 Å². The van der Waals surface area contributed by atoms with Gasteiger partial charge in [-0.1, -0.05) is 6.42 Å². The Morgan fingerprint density at radius 3 is 2.32 bits per heavy atom. The number of nitrogens with one attached hydrogen (secondary N) is 1. The highest BCUT2D eigenvalue weighted by Gasteiger charge is 2.40. The summed E-state index contributed by atoms with van der Waals surface area (Å²) >= 11 is 0. The fraction of sp³-hybridized carbons (Fsp3) is 0.923. The third-order valence-electron chi connectivity index (χ3n) is 4.49. The molecule has 19 heavy (non-hydrogen) atoms. The fourth-order valence-corrected chi connectivity index (χ4v) is 3.47. The summed E-state index contributed by atoms with van der Waals surface area (Å²) < 4.78 is 36.1. The van der Waals surface area contributed by atoms with Crippen molar-refractivity contribution in [2.24, 2.45) is 23.5 Å². The second-order valence-electron chi connectivity index (χ2n) is 5.85. The lowest BCUT2D eigenvalue weighted by molar-refractivity contribution is -0.137. The summed E-state index contributed by atoms with van der Waals surface area (Å²) in [4.78, 5) is 11.9. The van der Waals surface area contributed by atoms with E-state index in [1.807, 2.05) is 0 Å². The number of hydrogen-bond acceptors (Lipinski definition) is 2. The van der Waals surface area contributed by atoms with Crippen molar-refractivity contribution in [2.45, 2.75) is 50.7 Å². The lowest BCUT2D eigenvalue weighted by Crippen LogP contribution is -2.49. The van der Waals surface area contributed by atoms with Crippen molar-refractivity contribution in [2.75, 3.05) is 6.54 Å². The van der Waals surface area contributed by atoms with E-state index in [2.05, 4.69) is 5.32 Å². The first-order valence-corrected chi connectivity index (χ1v) is 6.97. The van der Waals surface area contributed by atoms with E-state index in [1.165, 1.54) is 0 Å². The smallest absolute Gasteiger partial charge is 0.356 e. The molecule has 0 radical (unpaired) electrons. The second-order valence-corrected chi connectivity index (χ2v) is 5.85. The van der Waals surface area contributed by atoms with Crippen LogP contribution in [0, 0.1) is 17.8 Å². The van der Waals surface area contributed by atoms with Gasteiger partial charge in [0.2, 0.25) is 5.91 Å². The number of nitrogens with two attached hydrogens (primary N) is 1. The predicted octanol–water partition coefficient (Wildman–Crippen LogP) is 2.21. The van der Waals surface area contributed by atoms with Gasteiger partial charge < -0.3 is 11.1 Å². The van der Waals surface area contributed by atoms with E-state index in [-0.39, 0.29) is 24.4 Å². The van der Waals surface area contributed by atoms with Crippen molar-refractivity contribution in [3.8, 4) is 0 Å². The molecule has 0 aliphatic heterocycles. The molecule has 2 unspecified atom stereocenters. The molecular weight excluding hydrogens is 257 g/mol. The molecule has 2 rings (SSSR count). The Morgan fingerprint density at radius 2 is 1.79 bits per heavy atom. The molecule has 0 aromatic rings. The normalized spacial score (nSPS) is 34.9. The molecule has 3 nitrogen and oxygen atoms in total. The van der Waals surface area contributed by atoms with Gasteiger partial charge in [0.05, 0.1) is 6.42 Å². The van der Waals surface area contributed by atoms with Gasteiger partial charge in [-0.2, -0.15) is 13.2 Å². The minimum Gasteiger partial charge on any atom is -0.356 e. The third-order valence-corrected chi connectivity index (χ3v) is 4.49. The average molecular weight is 278 g/mol. The molecule has 0 spiro atoms. The van der Waals surface area contributed by atoms with Crippen molar-refractivity contribution < 1.29 is 18.0 Å². The Morgan fingerprint density at radius 1 is 1.21 bits per heavy atom. The molecule has 0 saturated heterocycles. The van der Waals surface area contributed by atoms with Crippen LogP contribution >= 0.6 is 0 Å². The highest BCUT2D eigenvalue weighted by Crippen LogP contribution is 2.41. The van der Waals surface area contributed by atoms with Gasteiger partial charge in [0, 0.05) is 18.5 Å². The largest absolute Gasteiger partial charge is 0.390 e. The van der Waals surface area contributed by atoms with Crippen LogP contribution in [0.2, 0.25) is 0 Å². The Bertz CT molecular complexity index is 318. The van der Waals surface area contributed by atoms with Crippen molar-refractivity contribution in [1.29, 1.82) is 0 Å². The third kappa shape index (κ3) is 3.84. The van der Waals surface area contributed by atoms with E-state index < -0.39 is 12.6 Å². The maximum Gasteiger partial charge on any atom is 0.390 e. The summed E-state index contributed by atoms with van der Waals surface area (Å²) in [5.41, 5.74) is 6.12. The highest BCUT2D eigenvalue weighted by molar-refractivity contribution is 5.78. The van der Waals surface area contributed by atoms with Crippen molar-refractivity contribution in [3.63, 3.8) is 0 Å². The number of carbonyl (C=O) groups excluding carboxylic acids is 1. The van der Waals surface area contributed by atoms with Crippen molar-refractivity contribution in [3.05, 3.63) is 0 Å². The molecule has 3 N–H and O–H groups in total. The minimum absolute atomic E-state index is 0.150. The number of amides is 1.